The van der Waals surface area contributed by atoms with Crippen LogP contribution in [0.4, 0.5) is 0 Å². The third kappa shape index (κ3) is 4.54. The first-order chi connectivity index (χ1) is 9.15. The molecule has 0 spiro atoms. The van der Waals surface area contributed by atoms with Crippen molar-refractivity contribution in [1.29, 1.82) is 0 Å². The molecule has 0 bridgehead atoms. The maximum Gasteiger partial charge on any atom is 0.119 e. The number of hydrogen-bond acceptors (Lipinski definition) is 2. The van der Waals surface area contributed by atoms with Crippen LogP contribution in [0.5, 0.6) is 5.75 Å². The van der Waals surface area contributed by atoms with Crippen molar-refractivity contribution in [1.82, 2.24) is 5.32 Å². The normalized spacial score (nSPS) is 23.3. The van der Waals surface area contributed by atoms with E-state index in [1.807, 2.05) is 0 Å². The van der Waals surface area contributed by atoms with E-state index >= 15 is 0 Å². The van der Waals surface area contributed by atoms with Gasteiger partial charge in [-0.2, -0.15) is 0 Å². The van der Waals surface area contributed by atoms with Crippen LogP contribution in [0.25, 0.3) is 0 Å². The fourth-order valence-electron chi connectivity index (χ4n) is 2.70. The average molecular weight is 261 g/mol. The van der Waals surface area contributed by atoms with Crippen LogP contribution in [0.3, 0.4) is 0 Å². The van der Waals surface area contributed by atoms with Gasteiger partial charge in [-0.3, -0.25) is 0 Å². The molecule has 2 nitrogen and oxygen atoms in total. The van der Waals surface area contributed by atoms with E-state index in [1.165, 1.54) is 36.8 Å². The Hall–Kier alpha value is -1.02. The lowest BCUT2D eigenvalue weighted by atomic mass is 9.87. The number of benzene rings is 1. The van der Waals surface area contributed by atoms with Gasteiger partial charge in [0.1, 0.15) is 12.4 Å². The highest BCUT2D eigenvalue weighted by atomic mass is 16.5. The largest absolute Gasteiger partial charge is 0.492 e. The van der Waals surface area contributed by atoms with E-state index in [2.05, 4.69) is 44.3 Å². The second kappa shape index (κ2) is 6.95. The molecule has 1 aliphatic carbocycles. The Bertz CT molecular complexity index is 394. The first-order valence-electron chi connectivity index (χ1n) is 7.58. The van der Waals surface area contributed by atoms with Crippen molar-refractivity contribution in [3.63, 3.8) is 0 Å². The Morgan fingerprint density at radius 3 is 2.53 bits per heavy atom. The van der Waals surface area contributed by atoms with Gasteiger partial charge >= 0.3 is 0 Å². The van der Waals surface area contributed by atoms with Gasteiger partial charge in [0.25, 0.3) is 0 Å². The summed E-state index contributed by atoms with van der Waals surface area (Å²) in [7, 11) is 0. The monoisotopic (exact) mass is 261 g/mol. The predicted molar refractivity (Wildman–Crippen MR) is 80.8 cm³/mol. The molecule has 1 saturated carbocycles. The topological polar surface area (TPSA) is 21.3 Å². The number of nitrogens with one attached hydrogen (secondary N) is 1. The average Bonchev–Trinajstić information content (AvgIpc) is 2.41. The minimum atomic E-state index is 0.708. The molecule has 1 aliphatic rings. The summed E-state index contributed by atoms with van der Waals surface area (Å²) in [6.45, 7) is 8.33. The molecule has 2 heteroatoms. The zero-order chi connectivity index (χ0) is 13.7. The van der Waals surface area contributed by atoms with Crippen LogP contribution in [0, 0.1) is 19.8 Å². The van der Waals surface area contributed by atoms with Gasteiger partial charge in [-0.05, 0) is 68.7 Å². The first-order valence-corrected chi connectivity index (χ1v) is 7.58. The molecule has 0 saturated heterocycles. The summed E-state index contributed by atoms with van der Waals surface area (Å²) in [5, 5.41) is 3.61. The number of ether oxygens (including phenoxy) is 1. The summed E-state index contributed by atoms with van der Waals surface area (Å²) in [4.78, 5) is 0. The second-order valence-corrected chi connectivity index (χ2v) is 6.01. The molecule has 0 heterocycles. The third-order valence-corrected chi connectivity index (χ3v) is 4.30. The van der Waals surface area contributed by atoms with Gasteiger partial charge in [0, 0.05) is 12.6 Å². The van der Waals surface area contributed by atoms with Crippen LogP contribution in [0.1, 0.15) is 43.7 Å². The van der Waals surface area contributed by atoms with Crippen molar-refractivity contribution in [3.8, 4) is 5.75 Å². The summed E-state index contributed by atoms with van der Waals surface area (Å²) in [5.74, 6) is 1.91. The first kappa shape index (κ1) is 14.4. The van der Waals surface area contributed by atoms with E-state index in [1.54, 1.807) is 0 Å². The molecule has 0 atom stereocenters. The summed E-state index contributed by atoms with van der Waals surface area (Å²) in [5.41, 5.74) is 2.62. The highest BCUT2D eigenvalue weighted by Gasteiger charge is 2.17. The molecule has 19 heavy (non-hydrogen) atoms. The molecule has 1 N–H and O–H groups in total. The van der Waals surface area contributed by atoms with Crippen molar-refractivity contribution in [2.75, 3.05) is 13.2 Å². The summed E-state index contributed by atoms with van der Waals surface area (Å²) < 4.78 is 5.79. The van der Waals surface area contributed by atoms with E-state index in [0.29, 0.717) is 6.04 Å². The zero-order valence-corrected chi connectivity index (χ0v) is 12.5. The lowest BCUT2D eigenvalue weighted by molar-refractivity contribution is 0.270. The minimum Gasteiger partial charge on any atom is -0.492 e. The van der Waals surface area contributed by atoms with Crippen molar-refractivity contribution in [2.45, 2.75) is 52.5 Å². The molecular weight excluding hydrogens is 234 g/mol. The van der Waals surface area contributed by atoms with Crippen LogP contribution in [0.2, 0.25) is 0 Å². The second-order valence-electron chi connectivity index (χ2n) is 6.01. The number of rotatable bonds is 5. The van der Waals surface area contributed by atoms with Gasteiger partial charge in [-0.25, -0.2) is 0 Å². The van der Waals surface area contributed by atoms with Gasteiger partial charge in [-0.15, -0.1) is 0 Å². The Kier molecular flexibility index (Phi) is 5.26. The molecule has 0 aliphatic heterocycles. The molecule has 1 aromatic carbocycles. The van der Waals surface area contributed by atoms with Crippen molar-refractivity contribution in [3.05, 3.63) is 29.3 Å². The van der Waals surface area contributed by atoms with E-state index < -0.39 is 0 Å². The lowest BCUT2D eigenvalue weighted by Gasteiger charge is -2.27. The molecule has 0 unspecified atom stereocenters. The summed E-state index contributed by atoms with van der Waals surface area (Å²) in [6, 6.07) is 7.02. The van der Waals surface area contributed by atoms with E-state index in [9.17, 15) is 0 Å². The predicted octanol–water partition coefficient (Wildman–Crippen LogP) is 3.85. The van der Waals surface area contributed by atoms with Crippen molar-refractivity contribution < 1.29 is 4.74 Å². The Balaban J connectivity index is 1.65. The zero-order valence-electron chi connectivity index (χ0n) is 12.5. The van der Waals surface area contributed by atoms with Crippen molar-refractivity contribution >= 4 is 0 Å². The maximum absolute atomic E-state index is 5.79. The summed E-state index contributed by atoms with van der Waals surface area (Å²) >= 11 is 0. The molecule has 1 aromatic rings. The van der Waals surface area contributed by atoms with Crippen LogP contribution in [-0.4, -0.2) is 19.2 Å². The highest BCUT2D eigenvalue weighted by molar-refractivity contribution is 5.33. The lowest BCUT2D eigenvalue weighted by Crippen LogP contribution is -2.35. The van der Waals surface area contributed by atoms with E-state index in [0.717, 1.165) is 24.8 Å². The van der Waals surface area contributed by atoms with Gasteiger partial charge in [0.2, 0.25) is 0 Å². The van der Waals surface area contributed by atoms with Gasteiger partial charge in [0.15, 0.2) is 0 Å². The van der Waals surface area contributed by atoms with Crippen LogP contribution < -0.4 is 10.1 Å². The maximum atomic E-state index is 5.79. The molecule has 0 radical (unpaired) electrons. The van der Waals surface area contributed by atoms with E-state index in [4.69, 9.17) is 4.74 Å². The SMILES string of the molecule is Cc1ccc(OCCNC2CCC(C)CC2)cc1C. The molecule has 0 aromatic heterocycles. The Morgan fingerprint density at radius 1 is 1.11 bits per heavy atom. The van der Waals surface area contributed by atoms with Crippen molar-refractivity contribution in [2.24, 2.45) is 5.92 Å². The molecule has 1 fully saturated rings. The van der Waals surface area contributed by atoms with Crippen LogP contribution in [-0.2, 0) is 0 Å². The van der Waals surface area contributed by atoms with Gasteiger partial charge in [0.05, 0.1) is 0 Å². The number of aryl methyl sites for hydroxylation is 2. The minimum absolute atomic E-state index is 0.708. The smallest absolute Gasteiger partial charge is 0.119 e. The third-order valence-electron chi connectivity index (χ3n) is 4.30. The van der Waals surface area contributed by atoms with Crippen LogP contribution >= 0.6 is 0 Å². The van der Waals surface area contributed by atoms with E-state index in [-0.39, 0.29) is 0 Å². The fourth-order valence-corrected chi connectivity index (χ4v) is 2.70. The molecule has 106 valence electrons. The van der Waals surface area contributed by atoms with Gasteiger partial charge in [-0.1, -0.05) is 13.0 Å². The molecule has 0 amide bonds. The quantitative estimate of drug-likeness (QED) is 0.813. The standard InChI is InChI=1S/C17H27NO/c1-13-4-7-16(8-5-13)18-10-11-19-17-9-6-14(2)15(3)12-17/h6,9,12-13,16,18H,4-5,7-8,10-11H2,1-3H3. The Morgan fingerprint density at radius 2 is 1.84 bits per heavy atom. The van der Waals surface area contributed by atoms with Gasteiger partial charge < -0.3 is 10.1 Å². The van der Waals surface area contributed by atoms with Crippen LogP contribution in [0.15, 0.2) is 18.2 Å². The Labute approximate surface area is 117 Å². The summed E-state index contributed by atoms with van der Waals surface area (Å²) in [6.07, 6.45) is 5.39. The fraction of sp³-hybridized carbons (Fsp3) is 0.647. The highest BCUT2D eigenvalue weighted by Crippen LogP contribution is 2.23. The number of hydrogen-bond donors (Lipinski definition) is 1. The molecule has 2 rings (SSSR count). The molecular formula is C17H27NO.